The van der Waals surface area contributed by atoms with Crippen LogP contribution >= 0.6 is 0 Å². The van der Waals surface area contributed by atoms with Crippen molar-refractivity contribution >= 4 is 5.78 Å². The molecule has 1 aromatic rings. The zero-order valence-corrected chi connectivity index (χ0v) is 8.05. The van der Waals surface area contributed by atoms with Crippen LogP contribution in [0.4, 0.5) is 0 Å². The molecule has 0 aliphatic rings. The number of nitriles is 1. The Bertz CT molecular complexity index is 378. The van der Waals surface area contributed by atoms with Crippen LogP contribution in [0, 0.1) is 11.3 Å². The standard InChI is InChI=1S/C11H11NO3/c12-6-8-1-3-9(4-2-8)11(15)5-10(14)7-13/h1-4,11,13,15H,5,7H2. The molecule has 1 atom stereocenters. The molecule has 0 spiro atoms. The highest BCUT2D eigenvalue weighted by atomic mass is 16.3. The first-order valence-electron chi connectivity index (χ1n) is 4.48. The van der Waals surface area contributed by atoms with Crippen molar-refractivity contribution in [1.82, 2.24) is 0 Å². The highest BCUT2D eigenvalue weighted by Gasteiger charge is 2.11. The van der Waals surface area contributed by atoms with Gasteiger partial charge < -0.3 is 10.2 Å². The van der Waals surface area contributed by atoms with Gasteiger partial charge in [0.15, 0.2) is 5.78 Å². The smallest absolute Gasteiger partial charge is 0.161 e. The van der Waals surface area contributed by atoms with Crippen molar-refractivity contribution in [3.8, 4) is 6.07 Å². The third kappa shape index (κ3) is 3.17. The minimum Gasteiger partial charge on any atom is -0.389 e. The third-order valence-electron chi connectivity index (χ3n) is 2.02. The number of ketones is 1. The average Bonchev–Trinajstić information content (AvgIpc) is 2.29. The van der Waals surface area contributed by atoms with E-state index in [4.69, 9.17) is 10.4 Å². The summed E-state index contributed by atoms with van der Waals surface area (Å²) in [6.45, 7) is -0.562. The Kier molecular flexibility index (Phi) is 3.98. The Labute approximate surface area is 87.4 Å². The number of carbonyl (C=O) groups is 1. The molecule has 1 aromatic carbocycles. The number of benzene rings is 1. The van der Waals surface area contributed by atoms with E-state index < -0.39 is 18.5 Å². The van der Waals surface area contributed by atoms with Crippen molar-refractivity contribution in [1.29, 1.82) is 5.26 Å². The number of aliphatic hydroxyl groups excluding tert-OH is 2. The predicted octanol–water partition coefficient (Wildman–Crippen LogP) is 0.543. The Morgan fingerprint density at radius 2 is 2.00 bits per heavy atom. The second-order valence-corrected chi connectivity index (χ2v) is 3.15. The lowest BCUT2D eigenvalue weighted by molar-refractivity contribution is -0.123. The first-order valence-corrected chi connectivity index (χ1v) is 4.48. The summed E-state index contributed by atoms with van der Waals surface area (Å²) in [5, 5.41) is 26.6. The second kappa shape index (κ2) is 5.25. The summed E-state index contributed by atoms with van der Waals surface area (Å²) in [6.07, 6.45) is -1.03. The zero-order valence-electron chi connectivity index (χ0n) is 8.05. The maximum Gasteiger partial charge on any atom is 0.161 e. The van der Waals surface area contributed by atoms with Gasteiger partial charge in [0.25, 0.3) is 0 Å². The maximum atomic E-state index is 10.9. The minimum atomic E-state index is -0.919. The molecule has 78 valence electrons. The van der Waals surface area contributed by atoms with Crippen LogP contribution in [0.5, 0.6) is 0 Å². The molecule has 0 amide bonds. The third-order valence-corrected chi connectivity index (χ3v) is 2.02. The highest BCUT2D eigenvalue weighted by molar-refractivity contribution is 5.80. The van der Waals surface area contributed by atoms with E-state index in [1.807, 2.05) is 6.07 Å². The number of nitrogens with zero attached hydrogens (tertiary/aromatic N) is 1. The maximum absolute atomic E-state index is 10.9. The number of Topliss-reactive ketones (excluding diaryl/α,β-unsaturated/α-hetero) is 1. The summed E-state index contributed by atoms with van der Waals surface area (Å²) in [7, 11) is 0. The largest absolute Gasteiger partial charge is 0.389 e. The van der Waals surface area contributed by atoms with Gasteiger partial charge in [-0.1, -0.05) is 12.1 Å². The summed E-state index contributed by atoms with van der Waals surface area (Å²) < 4.78 is 0. The Hall–Kier alpha value is -1.70. The van der Waals surface area contributed by atoms with Crippen molar-refractivity contribution in [3.63, 3.8) is 0 Å². The van der Waals surface area contributed by atoms with Gasteiger partial charge in [0.05, 0.1) is 17.7 Å². The monoisotopic (exact) mass is 205 g/mol. The van der Waals surface area contributed by atoms with Crippen LogP contribution in [0.3, 0.4) is 0 Å². The number of hydrogen-bond acceptors (Lipinski definition) is 4. The first-order chi connectivity index (χ1) is 7.17. The SMILES string of the molecule is N#Cc1ccc(C(O)CC(=O)CO)cc1. The highest BCUT2D eigenvalue weighted by Crippen LogP contribution is 2.17. The van der Waals surface area contributed by atoms with Crippen molar-refractivity contribution in [3.05, 3.63) is 35.4 Å². The van der Waals surface area contributed by atoms with Crippen molar-refractivity contribution in [2.75, 3.05) is 6.61 Å². The first kappa shape index (κ1) is 11.4. The molecule has 0 aliphatic heterocycles. The second-order valence-electron chi connectivity index (χ2n) is 3.15. The molecule has 4 nitrogen and oxygen atoms in total. The van der Waals surface area contributed by atoms with Crippen molar-refractivity contribution in [2.45, 2.75) is 12.5 Å². The Morgan fingerprint density at radius 3 is 2.47 bits per heavy atom. The predicted molar refractivity (Wildman–Crippen MR) is 52.8 cm³/mol. The van der Waals surface area contributed by atoms with Gasteiger partial charge in [0, 0.05) is 6.42 Å². The summed E-state index contributed by atoms with van der Waals surface area (Å²) in [5.41, 5.74) is 1.07. The molecule has 0 aliphatic carbocycles. The molecule has 1 unspecified atom stereocenters. The van der Waals surface area contributed by atoms with Gasteiger partial charge in [-0.2, -0.15) is 5.26 Å². The zero-order chi connectivity index (χ0) is 11.3. The van der Waals surface area contributed by atoms with Crippen LogP contribution in [0.2, 0.25) is 0 Å². The van der Waals surface area contributed by atoms with Gasteiger partial charge in [-0.3, -0.25) is 4.79 Å². The Balaban J connectivity index is 2.70. The van der Waals surface area contributed by atoms with Crippen LogP contribution in [0.1, 0.15) is 23.7 Å². The van der Waals surface area contributed by atoms with E-state index in [-0.39, 0.29) is 6.42 Å². The fraction of sp³-hybridized carbons (Fsp3) is 0.273. The van der Waals surface area contributed by atoms with Gasteiger partial charge in [-0.05, 0) is 17.7 Å². The molecular weight excluding hydrogens is 194 g/mol. The molecule has 0 bridgehead atoms. The summed E-state index contributed by atoms with van der Waals surface area (Å²) in [5.74, 6) is -0.410. The Morgan fingerprint density at radius 1 is 1.40 bits per heavy atom. The quantitative estimate of drug-likeness (QED) is 0.751. The molecule has 0 radical (unpaired) electrons. The van der Waals surface area contributed by atoms with Gasteiger partial charge in [0.2, 0.25) is 0 Å². The van der Waals surface area contributed by atoms with Crippen LogP contribution in [-0.2, 0) is 4.79 Å². The molecule has 0 saturated carbocycles. The van der Waals surface area contributed by atoms with Crippen LogP contribution < -0.4 is 0 Å². The van der Waals surface area contributed by atoms with E-state index in [1.165, 1.54) is 0 Å². The molecule has 2 N–H and O–H groups in total. The van der Waals surface area contributed by atoms with Crippen LogP contribution in [0.25, 0.3) is 0 Å². The average molecular weight is 205 g/mol. The van der Waals surface area contributed by atoms with E-state index in [1.54, 1.807) is 24.3 Å². The van der Waals surface area contributed by atoms with E-state index in [0.29, 0.717) is 11.1 Å². The topological polar surface area (TPSA) is 81.3 Å². The van der Waals surface area contributed by atoms with Gasteiger partial charge in [0.1, 0.15) is 6.61 Å². The van der Waals surface area contributed by atoms with Gasteiger partial charge in [-0.25, -0.2) is 0 Å². The number of carbonyl (C=O) groups excluding carboxylic acids is 1. The van der Waals surface area contributed by atoms with E-state index in [2.05, 4.69) is 0 Å². The summed E-state index contributed by atoms with van der Waals surface area (Å²) in [4.78, 5) is 10.9. The lowest BCUT2D eigenvalue weighted by atomic mass is 10.0. The van der Waals surface area contributed by atoms with E-state index in [0.717, 1.165) is 0 Å². The molecule has 15 heavy (non-hydrogen) atoms. The molecule has 0 saturated heterocycles. The van der Waals surface area contributed by atoms with Gasteiger partial charge >= 0.3 is 0 Å². The molecule has 1 rings (SSSR count). The molecule has 0 aromatic heterocycles. The van der Waals surface area contributed by atoms with Crippen LogP contribution in [0.15, 0.2) is 24.3 Å². The van der Waals surface area contributed by atoms with Crippen molar-refractivity contribution in [2.24, 2.45) is 0 Å². The number of rotatable bonds is 4. The fourth-order valence-corrected chi connectivity index (χ4v) is 1.18. The van der Waals surface area contributed by atoms with E-state index >= 15 is 0 Å². The number of aliphatic hydroxyl groups is 2. The lowest BCUT2D eigenvalue weighted by Gasteiger charge is -2.08. The van der Waals surface area contributed by atoms with Gasteiger partial charge in [-0.15, -0.1) is 0 Å². The van der Waals surface area contributed by atoms with Crippen molar-refractivity contribution < 1.29 is 15.0 Å². The van der Waals surface area contributed by atoms with E-state index in [9.17, 15) is 9.90 Å². The fourth-order valence-electron chi connectivity index (χ4n) is 1.18. The molecule has 4 heteroatoms. The summed E-state index contributed by atoms with van der Waals surface area (Å²) >= 11 is 0. The molecule has 0 fully saturated rings. The number of hydrogen-bond donors (Lipinski definition) is 2. The summed E-state index contributed by atoms with van der Waals surface area (Å²) in [6, 6.07) is 8.28. The minimum absolute atomic E-state index is 0.109. The van der Waals surface area contributed by atoms with Crippen LogP contribution in [-0.4, -0.2) is 22.6 Å². The normalized spacial score (nSPS) is 11.8. The molecule has 0 heterocycles. The lowest BCUT2D eigenvalue weighted by Crippen LogP contribution is -2.09. The molecular formula is C11H11NO3.